The summed E-state index contributed by atoms with van der Waals surface area (Å²) in [5, 5.41) is 4.34. The number of aryl methyl sites for hydroxylation is 2. The largest absolute Gasteiger partial charge is 0.297 e. The van der Waals surface area contributed by atoms with E-state index in [1.165, 1.54) is 10.2 Å². The van der Waals surface area contributed by atoms with Gasteiger partial charge >= 0.3 is 0 Å². The van der Waals surface area contributed by atoms with Gasteiger partial charge in [0.15, 0.2) is 5.78 Å². The van der Waals surface area contributed by atoms with Gasteiger partial charge in [-0.05, 0) is 50.1 Å². The van der Waals surface area contributed by atoms with E-state index >= 15 is 0 Å². The molecule has 144 valence electrons. The fourth-order valence-electron chi connectivity index (χ4n) is 3.11. The lowest BCUT2D eigenvalue weighted by molar-refractivity contribution is -0.121. The summed E-state index contributed by atoms with van der Waals surface area (Å²) >= 11 is 3.39. The van der Waals surface area contributed by atoms with Gasteiger partial charge in [-0.1, -0.05) is 57.9 Å². The Bertz CT molecular complexity index is 1040. The van der Waals surface area contributed by atoms with Crippen molar-refractivity contribution in [2.24, 2.45) is 0 Å². The molecule has 0 bridgehead atoms. The van der Waals surface area contributed by atoms with Crippen LogP contribution in [-0.4, -0.2) is 15.6 Å². The predicted octanol–water partition coefficient (Wildman–Crippen LogP) is 4.59. The normalized spacial score (nSPS) is 12.0. The number of hydrogen-bond acceptors (Lipinski definition) is 3. The maximum atomic E-state index is 13.0. The third-order valence-electron chi connectivity index (χ3n) is 4.77. The summed E-state index contributed by atoms with van der Waals surface area (Å²) in [7, 11) is 0. The Morgan fingerprint density at radius 2 is 1.64 bits per heavy atom. The van der Waals surface area contributed by atoms with Crippen molar-refractivity contribution in [3.05, 3.63) is 97.4 Å². The van der Waals surface area contributed by atoms with Gasteiger partial charge < -0.3 is 0 Å². The number of Topliss-reactive ketones (excluding diaryl/α,β-unsaturated/α-hetero) is 1. The highest BCUT2D eigenvalue weighted by molar-refractivity contribution is 9.10. The Labute approximate surface area is 173 Å². The molecule has 28 heavy (non-hydrogen) atoms. The first-order valence-corrected chi connectivity index (χ1v) is 10.0. The van der Waals surface area contributed by atoms with Crippen molar-refractivity contribution in [1.82, 2.24) is 9.78 Å². The Kier molecular flexibility index (Phi) is 6.25. The first-order valence-electron chi connectivity index (χ1n) is 9.25. The molecule has 0 amide bonds. The molecule has 2 aromatic carbocycles. The number of rotatable bonds is 6. The molecule has 0 radical (unpaired) electrons. The Morgan fingerprint density at radius 3 is 2.29 bits per heavy atom. The van der Waals surface area contributed by atoms with E-state index in [2.05, 4.69) is 21.0 Å². The summed E-state index contributed by atoms with van der Waals surface area (Å²) in [6, 6.07) is 16.9. The minimum absolute atomic E-state index is 0.0381. The zero-order chi connectivity index (χ0) is 20.3. The average Bonchev–Trinajstić information content (AvgIpc) is 2.67. The standard InChI is InChI=1S/C23H23BrN2O2/c1-15-4-6-18(7-5-15)13-20-12-16(2)25-26(23(20)28)17(3)22(27)14-19-8-10-21(24)11-9-19/h4-12,17H,13-14H2,1-3H3. The van der Waals surface area contributed by atoms with E-state index in [9.17, 15) is 9.59 Å². The van der Waals surface area contributed by atoms with Gasteiger partial charge in [0.25, 0.3) is 5.56 Å². The van der Waals surface area contributed by atoms with Gasteiger partial charge in [0, 0.05) is 22.9 Å². The summed E-state index contributed by atoms with van der Waals surface area (Å²) in [6.45, 7) is 5.62. The van der Waals surface area contributed by atoms with E-state index in [1.807, 2.05) is 68.4 Å². The Balaban J connectivity index is 1.85. The summed E-state index contributed by atoms with van der Waals surface area (Å²) < 4.78 is 2.30. The van der Waals surface area contributed by atoms with Gasteiger partial charge in [-0.2, -0.15) is 5.10 Å². The molecular formula is C23H23BrN2O2. The zero-order valence-electron chi connectivity index (χ0n) is 16.3. The molecule has 5 heteroatoms. The summed E-state index contributed by atoms with van der Waals surface area (Å²) in [6.07, 6.45) is 0.792. The van der Waals surface area contributed by atoms with Gasteiger partial charge in [-0.25, -0.2) is 4.68 Å². The van der Waals surface area contributed by atoms with Crippen LogP contribution in [0.1, 0.15) is 40.9 Å². The Hall–Kier alpha value is -2.53. The fourth-order valence-corrected chi connectivity index (χ4v) is 3.37. The van der Waals surface area contributed by atoms with Crippen molar-refractivity contribution < 1.29 is 4.79 Å². The lowest BCUT2D eigenvalue weighted by Gasteiger charge is -2.15. The summed E-state index contributed by atoms with van der Waals surface area (Å²) in [4.78, 5) is 25.7. The summed E-state index contributed by atoms with van der Waals surface area (Å²) in [5.41, 5.74) is 4.33. The molecule has 1 heterocycles. The van der Waals surface area contributed by atoms with Gasteiger partial charge in [-0.3, -0.25) is 9.59 Å². The van der Waals surface area contributed by atoms with Gasteiger partial charge in [0.05, 0.1) is 5.69 Å². The molecule has 0 saturated carbocycles. The van der Waals surface area contributed by atoms with Crippen LogP contribution in [0.15, 0.2) is 63.9 Å². The van der Waals surface area contributed by atoms with Crippen LogP contribution in [0.2, 0.25) is 0 Å². The van der Waals surface area contributed by atoms with Crippen LogP contribution in [0.4, 0.5) is 0 Å². The molecule has 0 spiro atoms. The molecule has 0 aliphatic heterocycles. The van der Waals surface area contributed by atoms with E-state index in [1.54, 1.807) is 6.92 Å². The lowest BCUT2D eigenvalue weighted by atomic mass is 10.0. The summed E-state index contributed by atoms with van der Waals surface area (Å²) in [5.74, 6) is -0.0381. The second-order valence-electron chi connectivity index (χ2n) is 7.17. The number of benzene rings is 2. The first kappa shape index (κ1) is 20.2. The van der Waals surface area contributed by atoms with E-state index < -0.39 is 6.04 Å². The number of halogens is 1. The second-order valence-corrected chi connectivity index (χ2v) is 8.08. The van der Waals surface area contributed by atoms with Gasteiger partial charge in [0.2, 0.25) is 0 Å². The van der Waals surface area contributed by atoms with E-state index in [0.717, 1.165) is 21.3 Å². The van der Waals surface area contributed by atoms with Crippen LogP contribution >= 0.6 is 15.9 Å². The third-order valence-corrected chi connectivity index (χ3v) is 5.30. The molecule has 1 aromatic heterocycles. The molecule has 0 aliphatic rings. The van der Waals surface area contributed by atoms with Crippen molar-refractivity contribution in [1.29, 1.82) is 0 Å². The highest BCUT2D eigenvalue weighted by Crippen LogP contribution is 2.15. The third kappa shape index (κ3) is 4.84. The maximum Gasteiger partial charge on any atom is 0.270 e. The maximum absolute atomic E-state index is 13.0. The molecule has 0 N–H and O–H groups in total. The molecule has 0 saturated heterocycles. The fraction of sp³-hybridized carbons (Fsp3) is 0.261. The van der Waals surface area contributed by atoms with Crippen LogP contribution in [0.25, 0.3) is 0 Å². The second kappa shape index (κ2) is 8.65. The smallest absolute Gasteiger partial charge is 0.270 e. The average molecular weight is 439 g/mol. The molecule has 1 atom stereocenters. The quantitative estimate of drug-likeness (QED) is 0.565. The van der Waals surface area contributed by atoms with Crippen LogP contribution in [-0.2, 0) is 17.6 Å². The minimum atomic E-state index is -0.618. The highest BCUT2D eigenvalue weighted by Gasteiger charge is 2.20. The van der Waals surface area contributed by atoms with Crippen LogP contribution in [0.3, 0.4) is 0 Å². The molecule has 0 fully saturated rings. The van der Waals surface area contributed by atoms with Crippen molar-refractivity contribution in [2.75, 3.05) is 0 Å². The molecule has 3 rings (SSSR count). The topological polar surface area (TPSA) is 52.0 Å². The first-order chi connectivity index (χ1) is 13.3. The van der Waals surface area contributed by atoms with Crippen molar-refractivity contribution in [2.45, 2.75) is 39.7 Å². The molecular weight excluding hydrogens is 416 g/mol. The highest BCUT2D eigenvalue weighted by atomic mass is 79.9. The number of hydrogen-bond donors (Lipinski definition) is 0. The van der Waals surface area contributed by atoms with Gasteiger partial charge in [-0.15, -0.1) is 0 Å². The zero-order valence-corrected chi connectivity index (χ0v) is 17.9. The van der Waals surface area contributed by atoms with Gasteiger partial charge in [0.1, 0.15) is 6.04 Å². The van der Waals surface area contributed by atoms with Crippen molar-refractivity contribution in [3.8, 4) is 0 Å². The van der Waals surface area contributed by atoms with Crippen molar-refractivity contribution >= 4 is 21.7 Å². The van der Waals surface area contributed by atoms with Crippen LogP contribution in [0.5, 0.6) is 0 Å². The number of carbonyl (C=O) groups excluding carboxylic acids is 1. The molecule has 1 unspecified atom stereocenters. The monoisotopic (exact) mass is 438 g/mol. The molecule has 0 aliphatic carbocycles. The Morgan fingerprint density at radius 1 is 1.04 bits per heavy atom. The van der Waals surface area contributed by atoms with E-state index in [4.69, 9.17) is 0 Å². The number of carbonyl (C=O) groups is 1. The number of nitrogens with zero attached hydrogens (tertiary/aromatic N) is 2. The van der Waals surface area contributed by atoms with E-state index in [0.29, 0.717) is 12.0 Å². The van der Waals surface area contributed by atoms with E-state index in [-0.39, 0.29) is 17.8 Å². The SMILES string of the molecule is Cc1ccc(Cc2cc(C)nn(C(C)C(=O)Cc3ccc(Br)cc3)c2=O)cc1. The molecule has 4 nitrogen and oxygen atoms in total. The van der Waals surface area contributed by atoms with Crippen LogP contribution < -0.4 is 5.56 Å². The minimum Gasteiger partial charge on any atom is -0.297 e. The number of aromatic nitrogens is 2. The molecule has 3 aromatic rings. The lowest BCUT2D eigenvalue weighted by Crippen LogP contribution is -2.33. The van der Waals surface area contributed by atoms with Crippen LogP contribution in [0, 0.1) is 13.8 Å². The number of ketones is 1. The predicted molar refractivity (Wildman–Crippen MR) is 115 cm³/mol. The van der Waals surface area contributed by atoms with Crippen molar-refractivity contribution in [3.63, 3.8) is 0 Å².